The SMILES string of the molecule is C=CC(=NC(=NC(=C)c1ccccc1)c1ccccc1)n1c2ccccc2c2cc(-c3ccc4c(c3)c3ccccc3n4-c3ccccc3)ccc21. The minimum absolute atomic E-state index is 0.565. The number of hydrogen-bond donors (Lipinski definition) is 0. The molecular formula is C48H34N4. The highest BCUT2D eigenvalue weighted by molar-refractivity contribution is 6.20. The molecule has 0 aliphatic carbocycles. The quantitative estimate of drug-likeness (QED) is 0.125. The number of fused-ring (bicyclic) bond motifs is 6. The van der Waals surface area contributed by atoms with Crippen LogP contribution in [0.4, 0.5) is 0 Å². The van der Waals surface area contributed by atoms with Crippen molar-refractivity contribution in [3.63, 3.8) is 0 Å². The fourth-order valence-electron chi connectivity index (χ4n) is 7.27. The van der Waals surface area contributed by atoms with Crippen LogP contribution in [0.1, 0.15) is 11.1 Å². The Kier molecular flexibility index (Phi) is 7.75. The number of benzene rings is 7. The van der Waals surface area contributed by atoms with Crippen LogP contribution in [0.2, 0.25) is 0 Å². The number of aliphatic imine (C=N–C) groups is 2. The van der Waals surface area contributed by atoms with E-state index in [1.807, 2.05) is 60.7 Å². The van der Waals surface area contributed by atoms with Crippen LogP contribution in [0.3, 0.4) is 0 Å². The van der Waals surface area contributed by atoms with Gasteiger partial charge >= 0.3 is 0 Å². The first-order valence-electron chi connectivity index (χ1n) is 17.4. The zero-order valence-corrected chi connectivity index (χ0v) is 28.5. The van der Waals surface area contributed by atoms with Gasteiger partial charge in [0.05, 0.1) is 27.8 Å². The molecule has 0 radical (unpaired) electrons. The average molecular weight is 667 g/mol. The maximum Gasteiger partial charge on any atom is 0.162 e. The molecule has 0 unspecified atom stereocenters. The minimum atomic E-state index is 0.565. The molecule has 9 rings (SSSR count). The van der Waals surface area contributed by atoms with Crippen LogP contribution in [-0.2, 0) is 0 Å². The third-order valence-corrected chi connectivity index (χ3v) is 9.70. The second-order valence-electron chi connectivity index (χ2n) is 12.8. The number of nitrogens with zero attached hydrogens (tertiary/aromatic N) is 4. The number of amidine groups is 1. The molecular weight excluding hydrogens is 633 g/mol. The summed E-state index contributed by atoms with van der Waals surface area (Å²) in [4.78, 5) is 10.2. The molecule has 0 aliphatic rings. The van der Waals surface area contributed by atoms with E-state index in [2.05, 4.69) is 138 Å². The smallest absolute Gasteiger partial charge is 0.162 e. The van der Waals surface area contributed by atoms with Crippen LogP contribution in [0.25, 0.3) is 66.1 Å². The lowest BCUT2D eigenvalue weighted by atomic mass is 10.0. The van der Waals surface area contributed by atoms with Gasteiger partial charge in [-0.1, -0.05) is 141 Å². The molecule has 0 amide bonds. The fraction of sp³-hybridized carbons (Fsp3) is 0. The van der Waals surface area contributed by atoms with Gasteiger partial charge in [0.25, 0.3) is 0 Å². The van der Waals surface area contributed by atoms with Crippen LogP contribution in [0, 0.1) is 0 Å². The average Bonchev–Trinajstić information content (AvgIpc) is 3.72. The van der Waals surface area contributed by atoms with Gasteiger partial charge in [-0.25, -0.2) is 9.98 Å². The molecule has 4 heteroatoms. The predicted octanol–water partition coefficient (Wildman–Crippen LogP) is 12.1. The van der Waals surface area contributed by atoms with Gasteiger partial charge in [-0.2, -0.15) is 0 Å². The Morgan fingerprint density at radius 3 is 1.60 bits per heavy atom. The molecule has 0 fully saturated rings. The van der Waals surface area contributed by atoms with Crippen LogP contribution in [-0.4, -0.2) is 20.8 Å². The number of hydrogen-bond acceptors (Lipinski definition) is 1. The molecule has 246 valence electrons. The summed E-state index contributed by atoms with van der Waals surface area (Å²) in [6.45, 7) is 8.51. The van der Waals surface area contributed by atoms with E-state index < -0.39 is 0 Å². The van der Waals surface area contributed by atoms with Crippen molar-refractivity contribution in [3.05, 3.63) is 206 Å². The van der Waals surface area contributed by atoms with Crippen molar-refractivity contribution in [1.82, 2.24) is 9.13 Å². The number of aromatic nitrogens is 2. The van der Waals surface area contributed by atoms with Gasteiger partial charge in [-0.05, 0) is 71.3 Å². The first-order chi connectivity index (χ1) is 25.7. The summed E-state index contributed by atoms with van der Waals surface area (Å²) < 4.78 is 4.53. The highest BCUT2D eigenvalue weighted by Gasteiger charge is 2.17. The summed E-state index contributed by atoms with van der Waals surface area (Å²) in [5.74, 6) is 1.24. The second-order valence-corrected chi connectivity index (χ2v) is 12.8. The lowest BCUT2D eigenvalue weighted by Gasteiger charge is -2.11. The number of para-hydroxylation sites is 3. The Morgan fingerprint density at radius 1 is 0.462 bits per heavy atom. The molecule has 0 atom stereocenters. The summed E-state index contributed by atoms with van der Waals surface area (Å²) in [6, 6.07) is 61.3. The maximum absolute atomic E-state index is 5.19. The summed E-state index contributed by atoms with van der Waals surface area (Å²) in [5, 5.41) is 4.74. The van der Waals surface area contributed by atoms with Crippen LogP contribution in [0.5, 0.6) is 0 Å². The maximum atomic E-state index is 5.19. The van der Waals surface area contributed by atoms with Gasteiger partial charge < -0.3 is 4.57 Å². The first-order valence-corrected chi connectivity index (χ1v) is 17.4. The zero-order valence-electron chi connectivity index (χ0n) is 28.5. The molecule has 0 saturated carbocycles. The summed E-state index contributed by atoms with van der Waals surface area (Å²) in [7, 11) is 0. The Hall–Kier alpha value is -7.04. The van der Waals surface area contributed by atoms with Crippen LogP contribution >= 0.6 is 0 Å². The van der Waals surface area contributed by atoms with Gasteiger partial charge in [-0.3, -0.25) is 4.57 Å². The topological polar surface area (TPSA) is 34.6 Å². The highest BCUT2D eigenvalue weighted by Crippen LogP contribution is 2.37. The predicted molar refractivity (Wildman–Crippen MR) is 221 cm³/mol. The highest BCUT2D eigenvalue weighted by atomic mass is 15.1. The lowest BCUT2D eigenvalue weighted by Crippen LogP contribution is -2.12. The van der Waals surface area contributed by atoms with Crippen molar-refractivity contribution in [1.29, 1.82) is 0 Å². The Labute approximate surface area is 302 Å². The molecule has 0 saturated heterocycles. The molecule has 7 aromatic carbocycles. The van der Waals surface area contributed by atoms with Gasteiger partial charge in [0.15, 0.2) is 5.84 Å². The standard InChI is InChI=1S/C48H34N4/c1-3-47(50-48(35-19-9-5-10-20-35)49-33(2)34-17-7-4-8-18-34)52-44-26-16-14-24-40(44)42-32-37(28-30-46(42)52)36-27-29-45-41(31-36)39-23-13-15-25-43(39)51(45)38-21-11-6-12-22-38/h3-32H,1-2H2. The Bertz CT molecular complexity index is 2850. The molecule has 52 heavy (non-hydrogen) atoms. The number of rotatable bonds is 6. The molecule has 2 aromatic heterocycles. The zero-order chi connectivity index (χ0) is 35.0. The van der Waals surface area contributed by atoms with Crippen molar-refractivity contribution in [2.24, 2.45) is 9.98 Å². The van der Waals surface area contributed by atoms with Crippen molar-refractivity contribution in [2.75, 3.05) is 0 Å². The molecule has 0 aliphatic heterocycles. The summed E-state index contributed by atoms with van der Waals surface area (Å²) in [6.07, 6.45) is 1.81. The van der Waals surface area contributed by atoms with E-state index >= 15 is 0 Å². The molecule has 9 aromatic rings. The molecule has 0 spiro atoms. The molecule has 0 bridgehead atoms. The number of allylic oxidation sites excluding steroid dienone is 1. The van der Waals surface area contributed by atoms with Gasteiger partial charge in [0.1, 0.15) is 5.84 Å². The Morgan fingerprint density at radius 2 is 0.942 bits per heavy atom. The molecule has 2 heterocycles. The molecule has 4 nitrogen and oxygen atoms in total. The fourth-order valence-corrected chi connectivity index (χ4v) is 7.27. The van der Waals surface area contributed by atoms with E-state index in [1.54, 1.807) is 6.08 Å². The lowest BCUT2D eigenvalue weighted by molar-refractivity contribution is 1.18. The van der Waals surface area contributed by atoms with E-state index in [0.717, 1.165) is 49.7 Å². The summed E-state index contributed by atoms with van der Waals surface area (Å²) >= 11 is 0. The normalized spacial score (nSPS) is 12.2. The first kappa shape index (κ1) is 31.0. The van der Waals surface area contributed by atoms with Crippen LogP contribution in [0.15, 0.2) is 205 Å². The second kappa shape index (κ2) is 13.0. The summed E-state index contributed by atoms with van der Waals surface area (Å²) in [5.41, 5.74) is 10.4. The van der Waals surface area contributed by atoms with Gasteiger partial charge in [0.2, 0.25) is 0 Å². The van der Waals surface area contributed by atoms with E-state index in [4.69, 9.17) is 9.98 Å². The van der Waals surface area contributed by atoms with Crippen molar-refractivity contribution in [2.45, 2.75) is 0 Å². The monoisotopic (exact) mass is 666 g/mol. The molecule has 0 N–H and O–H groups in total. The van der Waals surface area contributed by atoms with Crippen molar-refractivity contribution < 1.29 is 0 Å². The van der Waals surface area contributed by atoms with E-state index in [0.29, 0.717) is 17.4 Å². The van der Waals surface area contributed by atoms with E-state index in [1.165, 1.54) is 21.8 Å². The van der Waals surface area contributed by atoms with E-state index in [-0.39, 0.29) is 0 Å². The third-order valence-electron chi connectivity index (χ3n) is 9.70. The van der Waals surface area contributed by atoms with Crippen LogP contribution < -0.4 is 0 Å². The van der Waals surface area contributed by atoms with Gasteiger partial charge in [0, 0.05) is 32.8 Å². The van der Waals surface area contributed by atoms with Crippen molar-refractivity contribution in [3.8, 4) is 16.8 Å². The van der Waals surface area contributed by atoms with Crippen molar-refractivity contribution >= 4 is 61.0 Å². The minimum Gasteiger partial charge on any atom is -0.309 e. The largest absolute Gasteiger partial charge is 0.309 e. The third kappa shape index (κ3) is 5.34. The van der Waals surface area contributed by atoms with E-state index in [9.17, 15) is 0 Å². The van der Waals surface area contributed by atoms with Gasteiger partial charge in [-0.15, -0.1) is 0 Å². The Balaban J connectivity index is 1.20.